The van der Waals surface area contributed by atoms with Crippen molar-refractivity contribution in [2.45, 2.75) is 33.6 Å². The number of anilines is 6. The van der Waals surface area contributed by atoms with E-state index in [1.807, 2.05) is 13.8 Å². The molecule has 0 aliphatic heterocycles. The maximum atomic E-state index is 13.2. The van der Waals surface area contributed by atoms with Crippen LogP contribution in [0.5, 0.6) is 0 Å². The predicted octanol–water partition coefficient (Wildman–Crippen LogP) is 6.24. The number of hydrogen-bond acceptors (Lipinski definition) is 11. The number of hydrogen-bond donors (Lipinski definition) is 5. The molecule has 14 heteroatoms. The molecule has 0 spiro atoms. The van der Waals surface area contributed by atoms with Gasteiger partial charge in [0.2, 0.25) is 11.9 Å². The average Bonchev–Trinajstić information content (AvgIpc) is 2.99. The lowest BCUT2D eigenvalue weighted by molar-refractivity contribution is 0.0526. The van der Waals surface area contributed by atoms with Crippen LogP contribution in [0.4, 0.5) is 43.7 Å². The van der Waals surface area contributed by atoms with Crippen LogP contribution < -0.4 is 21.3 Å². The number of benzene rings is 2. The van der Waals surface area contributed by atoms with Gasteiger partial charge in [0.05, 0.1) is 6.61 Å². The molecule has 0 bridgehead atoms. The van der Waals surface area contributed by atoms with Gasteiger partial charge in [0.15, 0.2) is 0 Å². The Morgan fingerprint density at radius 1 is 0.773 bits per heavy atom. The van der Waals surface area contributed by atoms with Crippen LogP contribution in [0.15, 0.2) is 60.9 Å². The molecule has 0 radical (unpaired) electrons. The van der Waals surface area contributed by atoms with E-state index in [0.29, 0.717) is 30.3 Å². The van der Waals surface area contributed by atoms with Gasteiger partial charge in [-0.25, -0.2) is 28.3 Å². The monoisotopic (exact) mass is 608 g/mol. The lowest BCUT2D eigenvalue weighted by Gasteiger charge is -2.12. The van der Waals surface area contributed by atoms with Crippen LogP contribution in [0.25, 0.3) is 0 Å². The standard InChI is InChI=1S/C16H19FN4O2.C14H15FN4O2/c1-3-8-18-14-13(15(22)23-4-2)10-19-16(21-14)20-12-7-5-6-11(17)9-12;1-2-6-16-12-11(13(20)21)8-17-14(19-12)18-10-5-3-4-9(15)7-10/h5-7,9-10H,3-4,8H2,1-2H3,(H2,18,19,20,21);3-5,7-8H,2,6H2,1H3,(H,20,21)(H2,16,17,18,19). The molecule has 4 rings (SSSR count). The number of aromatic carboxylic acids is 1. The third-order valence-electron chi connectivity index (χ3n) is 5.55. The second kappa shape index (κ2) is 16.9. The Kier molecular flexibility index (Phi) is 12.7. The summed E-state index contributed by atoms with van der Waals surface area (Å²) in [7, 11) is 0. The highest BCUT2D eigenvalue weighted by Crippen LogP contribution is 2.20. The number of carbonyl (C=O) groups is 2. The van der Waals surface area contributed by atoms with Gasteiger partial charge in [-0.3, -0.25) is 0 Å². The van der Waals surface area contributed by atoms with Crippen molar-refractivity contribution in [2.75, 3.05) is 41.0 Å². The molecular formula is C30H34F2N8O4. The summed E-state index contributed by atoms with van der Waals surface area (Å²) in [5.41, 5.74) is 1.27. The molecule has 0 saturated carbocycles. The molecule has 2 aromatic heterocycles. The fourth-order valence-electron chi connectivity index (χ4n) is 3.55. The minimum Gasteiger partial charge on any atom is -0.477 e. The van der Waals surface area contributed by atoms with Crippen molar-refractivity contribution >= 4 is 46.8 Å². The third-order valence-corrected chi connectivity index (χ3v) is 5.55. The number of rotatable bonds is 13. The quantitative estimate of drug-likeness (QED) is 0.109. The lowest BCUT2D eigenvalue weighted by Crippen LogP contribution is -2.13. The number of carboxylic acid groups (broad SMARTS) is 1. The first kappa shape index (κ1) is 33.1. The Morgan fingerprint density at radius 3 is 1.68 bits per heavy atom. The number of nitrogens with one attached hydrogen (secondary N) is 4. The second-order valence-corrected chi connectivity index (χ2v) is 9.06. The Labute approximate surface area is 253 Å². The number of esters is 1. The predicted molar refractivity (Wildman–Crippen MR) is 164 cm³/mol. The Bertz CT molecular complexity index is 1560. The molecule has 0 unspecified atom stereocenters. The number of carbonyl (C=O) groups excluding carboxylic acids is 1. The van der Waals surface area contributed by atoms with Crippen LogP contribution >= 0.6 is 0 Å². The van der Waals surface area contributed by atoms with E-state index in [2.05, 4.69) is 41.2 Å². The van der Waals surface area contributed by atoms with Gasteiger partial charge >= 0.3 is 11.9 Å². The SMILES string of the molecule is CCCNc1nc(Nc2cccc(F)c2)ncc1C(=O)O.CCCNc1nc(Nc2cccc(F)c2)ncc1C(=O)OCC. The van der Waals surface area contributed by atoms with Crippen molar-refractivity contribution in [3.8, 4) is 0 Å². The van der Waals surface area contributed by atoms with Crippen LogP contribution in [-0.2, 0) is 4.74 Å². The number of carboxylic acids is 1. The Morgan fingerprint density at radius 2 is 1.25 bits per heavy atom. The van der Waals surface area contributed by atoms with Gasteiger partial charge in [0.25, 0.3) is 0 Å². The van der Waals surface area contributed by atoms with Crippen molar-refractivity contribution in [1.82, 2.24) is 19.9 Å². The fraction of sp³-hybridized carbons (Fsp3) is 0.267. The van der Waals surface area contributed by atoms with E-state index in [4.69, 9.17) is 9.84 Å². The summed E-state index contributed by atoms with van der Waals surface area (Å²) in [6.45, 7) is 7.22. The number of nitrogens with zero attached hydrogens (tertiary/aromatic N) is 4. The molecule has 5 N–H and O–H groups in total. The summed E-state index contributed by atoms with van der Waals surface area (Å²) >= 11 is 0. The fourth-order valence-corrected chi connectivity index (χ4v) is 3.55. The lowest BCUT2D eigenvalue weighted by atomic mass is 10.3. The van der Waals surface area contributed by atoms with Gasteiger partial charge in [0.1, 0.15) is 34.4 Å². The molecule has 232 valence electrons. The maximum Gasteiger partial charge on any atom is 0.343 e. The molecule has 0 amide bonds. The van der Waals surface area contributed by atoms with E-state index in [1.165, 1.54) is 36.7 Å². The molecule has 12 nitrogen and oxygen atoms in total. The van der Waals surface area contributed by atoms with E-state index in [-0.39, 0.29) is 47.1 Å². The molecule has 44 heavy (non-hydrogen) atoms. The number of aromatic nitrogens is 4. The average molecular weight is 609 g/mol. The summed E-state index contributed by atoms with van der Waals surface area (Å²) < 4.78 is 31.3. The molecule has 2 heterocycles. The molecule has 0 fully saturated rings. The van der Waals surface area contributed by atoms with E-state index >= 15 is 0 Å². The van der Waals surface area contributed by atoms with Crippen molar-refractivity contribution in [3.05, 3.63) is 83.7 Å². The zero-order valence-electron chi connectivity index (χ0n) is 24.5. The molecular weight excluding hydrogens is 574 g/mol. The first-order valence-electron chi connectivity index (χ1n) is 13.9. The van der Waals surface area contributed by atoms with E-state index in [9.17, 15) is 18.4 Å². The van der Waals surface area contributed by atoms with Gasteiger partial charge < -0.3 is 31.1 Å². The molecule has 0 atom stereocenters. The highest BCUT2D eigenvalue weighted by molar-refractivity contribution is 5.94. The summed E-state index contributed by atoms with van der Waals surface area (Å²) in [6.07, 6.45) is 4.31. The van der Waals surface area contributed by atoms with Crippen LogP contribution in [0.1, 0.15) is 54.3 Å². The minimum atomic E-state index is -1.11. The number of ether oxygens (including phenoxy) is 1. The van der Waals surface area contributed by atoms with E-state index < -0.39 is 11.9 Å². The maximum absolute atomic E-state index is 13.2. The first-order valence-corrected chi connectivity index (χ1v) is 13.9. The zero-order chi connectivity index (χ0) is 31.9. The van der Waals surface area contributed by atoms with Gasteiger partial charge in [0, 0.05) is 36.9 Å². The second-order valence-electron chi connectivity index (χ2n) is 9.06. The normalized spacial score (nSPS) is 10.2. The molecule has 0 aliphatic rings. The third kappa shape index (κ3) is 10.2. The molecule has 0 saturated heterocycles. The molecule has 0 aliphatic carbocycles. The van der Waals surface area contributed by atoms with Crippen molar-refractivity contribution < 1.29 is 28.2 Å². The zero-order valence-corrected chi connectivity index (χ0v) is 24.5. The Hall–Kier alpha value is -5.40. The van der Waals surface area contributed by atoms with E-state index in [1.54, 1.807) is 31.2 Å². The highest BCUT2D eigenvalue weighted by atomic mass is 19.1. The van der Waals surface area contributed by atoms with Crippen LogP contribution in [0, 0.1) is 11.6 Å². The molecule has 4 aromatic rings. The summed E-state index contributed by atoms with van der Waals surface area (Å²) in [6, 6.07) is 11.8. The van der Waals surface area contributed by atoms with E-state index in [0.717, 1.165) is 12.8 Å². The molecule has 2 aromatic carbocycles. The number of halogens is 2. The minimum absolute atomic E-state index is 0.00626. The van der Waals surface area contributed by atoms with Crippen molar-refractivity contribution in [1.29, 1.82) is 0 Å². The summed E-state index contributed by atoms with van der Waals surface area (Å²) in [5.74, 6) is -1.24. The largest absolute Gasteiger partial charge is 0.477 e. The summed E-state index contributed by atoms with van der Waals surface area (Å²) in [4.78, 5) is 39.5. The van der Waals surface area contributed by atoms with Gasteiger partial charge in [-0.15, -0.1) is 0 Å². The van der Waals surface area contributed by atoms with Gasteiger partial charge in [-0.2, -0.15) is 9.97 Å². The van der Waals surface area contributed by atoms with Crippen molar-refractivity contribution in [2.24, 2.45) is 0 Å². The smallest absolute Gasteiger partial charge is 0.343 e. The van der Waals surface area contributed by atoms with Gasteiger partial charge in [-0.1, -0.05) is 26.0 Å². The first-order chi connectivity index (χ1) is 21.2. The van der Waals surface area contributed by atoms with Crippen LogP contribution in [0.3, 0.4) is 0 Å². The van der Waals surface area contributed by atoms with Crippen molar-refractivity contribution in [3.63, 3.8) is 0 Å². The Balaban J connectivity index is 0.000000241. The van der Waals surface area contributed by atoms with Gasteiger partial charge in [-0.05, 0) is 56.2 Å². The van der Waals surface area contributed by atoms with Crippen LogP contribution in [-0.4, -0.2) is 56.7 Å². The highest BCUT2D eigenvalue weighted by Gasteiger charge is 2.16. The van der Waals surface area contributed by atoms with Crippen LogP contribution in [0.2, 0.25) is 0 Å². The topological polar surface area (TPSA) is 163 Å². The summed E-state index contributed by atoms with van der Waals surface area (Å²) in [5, 5.41) is 20.8.